The van der Waals surface area contributed by atoms with E-state index in [0.717, 1.165) is 24.3 Å². The summed E-state index contributed by atoms with van der Waals surface area (Å²) in [6, 6.07) is 14.5. The predicted octanol–water partition coefficient (Wildman–Crippen LogP) is 5.43. The van der Waals surface area contributed by atoms with Gasteiger partial charge in [-0.2, -0.15) is 13.2 Å². The lowest BCUT2D eigenvalue weighted by atomic mass is 10.1. The van der Waals surface area contributed by atoms with Gasteiger partial charge < -0.3 is 13.9 Å². The number of nitrogens with one attached hydrogen (secondary N) is 2. The number of aromatic amines is 1. The van der Waals surface area contributed by atoms with Crippen LogP contribution in [0.5, 0.6) is 5.75 Å². The second kappa shape index (κ2) is 11.0. The number of aromatic nitrogens is 6. The van der Waals surface area contributed by atoms with E-state index in [1.807, 2.05) is 0 Å². The lowest BCUT2D eigenvalue weighted by Crippen LogP contribution is -2.26. The Kier molecular flexibility index (Phi) is 7.45. The van der Waals surface area contributed by atoms with Gasteiger partial charge in [0.25, 0.3) is 5.91 Å². The normalized spacial score (nSPS) is 12.6. The number of carbonyl (C=O) groups is 1. The Hall–Kier alpha value is -5.15. The van der Waals surface area contributed by atoms with Crippen molar-refractivity contribution in [3.8, 4) is 5.75 Å². The maximum absolute atomic E-state index is 13.6. The van der Waals surface area contributed by atoms with Gasteiger partial charge in [0.1, 0.15) is 5.75 Å². The molecule has 0 aliphatic heterocycles. The van der Waals surface area contributed by atoms with E-state index < -0.39 is 29.8 Å². The minimum Gasteiger partial charge on any atom is -0.406 e. The quantitative estimate of drug-likeness (QED) is 0.246. The molecular formula is C26H20F6N8O2. The number of carbonyl (C=O) groups excluding carboxylic acids is 1. The average molecular weight is 590 g/mol. The van der Waals surface area contributed by atoms with Crippen LogP contribution in [0.3, 0.4) is 0 Å². The molecule has 0 saturated heterocycles. The molecule has 0 atom stereocenters. The molecule has 0 aliphatic carbocycles. The van der Waals surface area contributed by atoms with Crippen molar-refractivity contribution in [2.45, 2.75) is 32.6 Å². The van der Waals surface area contributed by atoms with Gasteiger partial charge in [0.05, 0.1) is 28.8 Å². The van der Waals surface area contributed by atoms with Crippen LogP contribution in [0, 0.1) is 0 Å². The van der Waals surface area contributed by atoms with E-state index in [-0.39, 0.29) is 34.9 Å². The fourth-order valence-corrected chi connectivity index (χ4v) is 4.27. The number of H-pyrrole nitrogens is 1. The molecule has 218 valence electrons. The molecule has 0 radical (unpaired) electrons. The summed E-state index contributed by atoms with van der Waals surface area (Å²) >= 11 is 0. The average Bonchev–Trinajstić information content (AvgIpc) is 3.54. The zero-order valence-corrected chi connectivity index (χ0v) is 21.5. The fourth-order valence-electron chi connectivity index (χ4n) is 4.27. The van der Waals surface area contributed by atoms with Crippen molar-refractivity contribution < 1.29 is 35.9 Å². The van der Waals surface area contributed by atoms with Crippen molar-refractivity contribution in [1.29, 1.82) is 0 Å². The summed E-state index contributed by atoms with van der Waals surface area (Å²) in [6.45, 7) is 2.18. The second-order valence-corrected chi connectivity index (χ2v) is 8.89. The third kappa shape index (κ3) is 6.26. The maximum Gasteiger partial charge on any atom is 0.573 e. The number of rotatable bonds is 7. The van der Waals surface area contributed by atoms with Crippen LogP contribution in [0.25, 0.3) is 11.0 Å². The van der Waals surface area contributed by atoms with Crippen molar-refractivity contribution in [1.82, 2.24) is 29.8 Å². The van der Waals surface area contributed by atoms with Gasteiger partial charge in [0, 0.05) is 12.1 Å². The Balaban J connectivity index is 1.57. The molecule has 5 aromatic rings. The van der Waals surface area contributed by atoms with Crippen molar-refractivity contribution in [2.24, 2.45) is 4.99 Å². The first-order chi connectivity index (χ1) is 19.9. The van der Waals surface area contributed by atoms with E-state index in [1.165, 1.54) is 30.3 Å². The first-order valence-electron chi connectivity index (χ1n) is 12.3. The summed E-state index contributed by atoms with van der Waals surface area (Å²) in [5, 5.41) is 15.2. The minimum absolute atomic E-state index is 0.0525. The molecule has 16 heteroatoms. The molecule has 0 fully saturated rings. The first kappa shape index (κ1) is 28.4. The Morgan fingerprint density at radius 3 is 2.26 bits per heavy atom. The highest BCUT2D eigenvalue weighted by Crippen LogP contribution is 2.32. The number of imidazole rings is 1. The van der Waals surface area contributed by atoms with E-state index in [1.54, 1.807) is 28.2 Å². The van der Waals surface area contributed by atoms with Crippen LogP contribution in [0.15, 0.2) is 71.7 Å². The monoisotopic (exact) mass is 590 g/mol. The molecule has 0 bridgehead atoms. The van der Waals surface area contributed by atoms with Crippen molar-refractivity contribution in [2.75, 3.05) is 5.32 Å². The second-order valence-electron chi connectivity index (χ2n) is 8.89. The third-order valence-corrected chi connectivity index (χ3v) is 6.12. The molecule has 0 spiro atoms. The van der Waals surface area contributed by atoms with Gasteiger partial charge in [-0.3, -0.25) is 10.1 Å². The molecule has 3 aromatic carbocycles. The summed E-state index contributed by atoms with van der Waals surface area (Å²) in [7, 11) is 0. The van der Waals surface area contributed by atoms with Gasteiger partial charge >= 0.3 is 12.5 Å². The number of hydrogen-bond acceptors (Lipinski definition) is 6. The molecule has 2 heterocycles. The molecule has 5 rings (SSSR count). The summed E-state index contributed by atoms with van der Waals surface area (Å²) in [6.07, 6.45) is -9.46. The molecule has 42 heavy (non-hydrogen) atoms. The molecular weight excluding hydrogens is 570 g/mol. The predicted molar refractivity (Wildman–Crippen MR) is 137 cm³/mol. The molecule has 0 unspecified atom stereocenters. The van der Waals surface area contributed by atoms with Gasteiger partial charge in [0.2, 0.25) is 11.6 Å². The molecule has 0 saturated carbocycles. The summed E-state index contributed by atoms with van der Waals surface area (Å²) in [4.78, 5) is 17.0. The fraction of sp³-hybridized carbons (Fsp3) is 0.192. The van der Waals surface area contributed by atoms with Crippen LogP contribution in [-0.2, 0) is 19.3 Å². The lowest BCUT2D eigenvalue weighted by Gasteiger charge is -2.10. The van der Waals surface area contributed by atoms with Crippen LogP contribution in [0.4, 0.5) is 38.0 Å². The van der Waals surface area contributed by atoms with Gasteiger partial charge in [-0.05, 0) is 77.5 Å². The van der Waals surface area contributed by atoms with Crippen LogP contribution >= 0.6 is 0 Å². The van der Waals surface area contributed by atoms with Crippen molar-refractivity contribution in [3.05, 3.63) is 89.0 Å². The SMILES string of the molecule is CCn1/c(=N\c2ccc(OC(F)(F)F)cc2)n(Cc2ccc(C(=O)Nc3nnn[nH]3)cc2)c2cc(C(F)(F)F)ccc21. The Bertz CT molecular complexity index is 1770. The van der Waals surface area contributed by atoms with Gasteiger partial charge in [-0.15, -0.1) is 13.2 Å². The zero-order valence-electron chi connectivity index (χ0n) is 21.5. The number of halogens is 6. The highest BCUT2D eigenvalue weighted by atomic mass is 19.4. The van der Waals surface area contributed by atoms with Crippen LogP contribution in [-0.4, -0.2) is 42.0 Å². The standard InChI is InChI=1S/C26H20F6N8O2/c1-2-39-20-12-7-17(25(27,28)29)13-21(20)40(24(39)33-18-8-10-19(11-9-18)42-26(30,31)32)14-15-3-5-16(6-4-15)22(41)34-23-35-37-38-36-23/h3-13H,2,14H2,1H3,(H2,34,35,36,37,38,41)/b33-24+. The number of hydrogen-bond donors (Lipinski definition) is 2. The van der Waals surface area contributed by atoms with Crippen LogP contribution in [0.1, 0.15) is 28.4 Å². The maximum atomic E-state index is 13.6. The number of benzene rings is 3. The van der Waals surface area contributed by atoms with Gasteiger partial charge in [-0.25, -0.2) is 10.1 Å². The van der Waals surface area contributed by atoms with Gasteiger partial charge in [-0.1, -0.05) is 17.2 Å². The molecule has 2 aromatic heterocycles. The van der Waals surface area contributed by atoms with E-state index >= 15 is 0 Å². The van der Waals surface area contributed by atoms with Gasteiger partial charge in [0.15, 0.2) is 0 Å². The molecule has 10 nitrogen and oxygen atoms in total. The minimum atomic E-state index is -4.87. The number of fused-ring (bicyclic) bond motifs is 1. The topological polar surface area (TPSA) is 115 Å². The third-order valence-electron chi connectivity index (χ3n) is 6.12. The molecule has 0 aliphatic rings. The number of ether oxygens (including phenoxy) is 1. The Morgan fingerprint density at radius 2 is 1.67 bits per heavy atom. The van der Waals surface area contributed by atoms with E-state index in [2.05, 4.69) is 35.7 Å². The largest absolute Gasteiger partial charge is 0.573 e. The summed E-state index contributed by atoms with van der Waals surface area (Å²) in [5.74, 6) is -0.876. The Morgan fingerprint density at radius 1 is 0.952 bits per heavy atom. The molecule has 2 N–H and O–H groups in total. The van der Waals surface area contributed by atoms with E-state index in [0.29, 0.717) is 17.6 Å². The molecule has 1 amide bonds. The van der Waals surface area contributed by atoms with E-state index in [9.17, 15) is 31.1 Å². The Labute approximate surface area is 232 Å². The summed E-state index contributed by atoms with van der Waals surface area (Å²) < 4.78 is 85.8. The number of anilines is 1. The number of amides is 1. The highest BCUT2D eigenvalue weighted by Gasteiger charge is 2.32. The van der Waals surface area contributed by atoms with E-state index in [4.69, 9.17) is 0 Å². The number of nitrogens with zero attached hydrogens (tertiary/aromatic N) is 6. The smallest absolute Gasteiger partial charge is 0.406 e. The van der Waals surface area contributed by atoms with Crippen LogP contribution < -0.4 is 15.7 Å². The number of tetrazole rings is 1. The first-order valence-corrected chi connectivity index (χ1v) is 12.3. The number of alkyl halides is 6. The lowest BCUT2D eigenvalue weighted by molar-refractivity contribution is -0.274. The van der Waals surface area contributed by atoms with Crippen molar-refractivity contribution in [3.63, 3.8) is 0 Å². The number of aryl methyl sites for hydroxylation is 1. The zero-order chi connectivity index (χ0) is 30.1. The summed E-state index contributed by atoms with van der Waals surface area (Å²) in [5.41, 5.74) is 1.28. The van der Waals surface area contributed by atoms with Crippen LogP contribution in [0.2, 0.25) is 0 Å². The highest BCUT2D eigenvalue weighted by molar-refractivity contribution is 6.03. The van der Waals surface area contributed by atoms with Crippen molar-refractivity contribution >= 4 is 28.6 Å².